The SMILES string of the molecule is COC(=O)[C@H](Cc1c[nH]c2ccccc12)NC(=O)c1cc(C23CC4CC(CC(C4)C2)C3)c2ccccc2n1. The van der Waals surface area contributed by atoms with Gasteiger partial charge in [0, 0.05) is 28.9 Å². The van der Waals surface area contributed by atoms with E-state index in [4.69, 9.17) is 9.72 Å². The smallest absolute Gasteiger partial charge is 0.328 e. The van der Waals surface area contributed by atoms with Gasteiger partial charge in [-0.3, -0.25) is 4.79 Å². The highest BCUT2D eigenvalue weighted by atomic mass is 16.5. The number of rotatable bonds is 6. The van der Waals surface area contributed by atoms with Gasteiger partial charge in [-0.25, -0.2) is 9.78 Å². The molecular formula is C32H33N3O3. The van der Waals surface area contributed by atoms with Gasteiger partial charge in [-0.1, -0.05) is 36.4 Å². The molecule has 38 heavy (non-hydrogen) atoms. The van der Waals surface area contributed by atoms with Crippen LogP contribution in [0.15, 0.2) is 60.8 Å². The molecule has 194 valence electrons. The summed E-state index contributed by atoms with van der Waals surface area (Å²) in [6.07, 6.45) is 9.95. The zero-order chi connectivity index (χ0) is 25.9. The molecule has 4 aliphatic rings. The molecule has 4 aromatic rings. The molecule has 4 saturated carbocycles. The van der Waals surface area contributed by atoms with Crippen molar-refractivity contribution in [2.24, 2.45) is 17.8 Å². The number of H-pyrrole nitrogens is 1. The predicted octanol–water partition coefficient (Wildman–Crippen LogP) is 5.70. The van der Waals surface area contributed by atoms with Crippen molar-refractivity contribution in [3.63, 3.8) is 0 Å². The zero-order valence-electron chi connectivity index (χ0n) is 21.7. The summed E-state index contributed by atoms with van der Waals surface area (Å²) in [5, 5.41) is 5.16. The summed E-state index contributed by atoms with van der Waals surface area (Å²) in [5.41, 5.74) is 4.57. The summed E-state index contributed by atoms with van der Waals surface area (Å²) in [5.74, 6) is 1.59. The van der Waals surface area contributed by atoms with E-state index in [1.807, 2.05) is 48.7 Å². The Balaban J connectivity index is 1.23. The number of nitrogens with one attached hydrogen (secondary N) is 2. The molecule has 0 aliphatic heterocycles. The second-order valence-corrected chi connectivity index (χ2v) is 11.9. The molecule has 0 saturated heterocycles. The van der Waals surface area contributed by atoms with Gasteiger partial charge in [-0.15, -0.1) is 0 Å². The number of nitrogens with zero attached hydrogens (tertiary/aromatic N) is 1. The van der Waals surface area contributed by atoms with Crippen LogP contribution in [0.5, 0.6) is 0 Å². The number of carbonyl (C=O) groups is 2. The van der Waals surface area contributed by atoms with Gasteiger partial charge >= 0.3 is 5.97 Å². The highest BCUT2D eigenvalue weighted by Crippen LogP contribution is 2.61. The van der Waals surface area contributed by atoms with E-state index in [9.17, 15) is 9.59 Å². The first-order chi connectivity index (χ1) is 18.5. The number of hydrogen-bond donors (Lipinski definition) is 2. The van der Waals surface area contributed by atoms with Gasteiger partial charge < -0.3 is 15.0 Å². The van der Waals surface area contributed by atoms with Gasteiger partial charge in [0.2, 0.25) is 0 Å². The summed E-state index contributed by atoms with van der Waals surface area (Å²) >= 11 is 0. The number of aromatic nitrogens is 2. The van der Waals surface area contributed by atoms with Gasteiger partial charge in [-0.2, -0.15) is 0 Å². The van der Waals surface area contributed by atoms with E-state index >= 15 is 0 Å². The Morgan fingerprint density at radius 2 is 1.66 bits per heavy atom. The fourth-order valence-electron chi connectivity index (χ4n) is 8.26. The van der Waals surface area contributed by atoms with E-state index in [0.29, 0.717) is 12.1 Å². The Labute approximate surface area is 222 Å². The van der Waals surface area contributed by atoms with Crippen molar-refractivity contribution in [3.8, 4) is 0 Å². The number of pyridine rings is 1. The molecule has 4 fully saturated rings. The van der Waals surface area contributed by atoms with Gasteiger partial charge in [0.25, 0.3) is 5.91 Å². The highest BCUT2D eigenvalue weighted by Gasteiger charge is 2.52. The maximum atomic E-state index is 13.7. The van der Waals surface area contributed by atoms with Crippen LogP contribution < -0.4 is 5.32 Å². The van der Waals surface area contributed by atoms with Crippen molar-refractivity contribution < 1.29 is 14.3 Å². The minimum absolute atomic E-state index is 0.123. The molecule has 1 atom stereocenters. The topological polar surface area (TPSA) is 84.1 Å². The number of carbonyl (C=O) groups excluding carboxylic acids is 2. The fourth-order valence-corrected chi connectivity index (χ4v) is 8.26. The van der Waals surface area contributed by atoms with Crippen molar-refractivity contribution in [3.05, 3.63) is 77.6 Å². The van der Waals surface area contributed by atoms with Crippen molar-refractivity contribution in [1.82, 2.24) is 15.3 Å². The number of esters is 1. The summed E-state index contributed by atoms with van der Waals surface area (Å²) in [4.78, 5) is 34.5. The lowest BCUT2D eigenvalue weighted by atomic mass is 9.48. The van der Waals surface area contributed by atoms with Crippen molar-refractivity contribution in [2.45, 2.75) is 56.4 Å². The second kappa shape index (κ2) is 8.97. The highest BCUT2D eigenvalue weighted by molar-refractivity contribution is 5.98. The Morgan fingerprint density at radius 3 is 2.37 bits per heavy atom. The standard InChI is InChI=1S/C32H33N3O3/c1-38-31(37)29(13-22-18-33-26-8-4-2-6-23(22)26)35-30(36)28-14-25(24-7-3-5-9-27(24)34-28)32-15-19-10-20(16-32)12-21(11-19)17-32/h2-9,14,18-21,29,33H,10-13,15-17H2,1H3,(H,35,36)/t19?,20?,21?,29-,32?/m0/s1. The molecule has 4 aliphatic carbocycles. The Kier molecular flexibility index (Phi) is 5.53. The quantitative estimate of drug-likeness (QED) is 0.328. The monoisotopic (exact) mass is 507 g/mol. The number of para-hydroxylation sites is 2. The molecule has 0 unspecified atom stereocenters. The third-order valence-corrected chi connectivity index (χ3v) is 9.45. The van der Waals surface area contributed by atoms with Crippen LogP contribution in [0.3, 0.4) is 0 Å². The van der Waals surface area contributed by atoms with E-state index in [1.165, 1.54) is 51.2 Å². The maximum absolute atomic E-state index is 13.7. The van der Waals surface area contributed by atoms with E-state index in [0.717, 1.165) is 45.1 Å². The molecule has 2 heterocycles. The molecule has 2 N–H and O–H groups in total. The third-order valence-electron chi connectivity index (χ3n) is 9.45. The summed E-state index contributed by atoms with van der Waals surface area (Å²) in [7, 11) is 1.36. The van der Waals surface area contributed by atoms with Crippen LogP contribution in [0, 0.1) is 17.8 Å². The number of aromatic amines is 1. The lowest BCUT2D eigenvalue weighted by molar-refractivity contribution is -0.142. The average Bonchev–Trinajstić information content (AvgIpc) is 3.33. The molecule has 8 rings (SSSR count). The first-order valence-corrected chi connectivity index (χ1v) is 13.9. The van der Waals surface area contributed by atoms with E-state index in [2.05, 4.69) is 22.4 Å². The van der Waals surface area contributed by atoms with Crippen LogP contribution in [-0.4, -0.2) is 35.0 Å². The zero-order valence-corrected chi connectivity index (χ0v) is 21.7. The lowest BCUT2D eigenvalue weighted by Gasteiger charge is -2.57. The lowest BCUT2D eigenvalue weighted by Crippen LogP contribution is -2.48. The van der Waals surface area contributed by atoms with Gasteiger partial charge in [0.15, 0.2) is 0 Å². The van der Waals surface area contributed by atoms with Crippen LogP contribution in [0.2, 0.25) is 0 Å². The number of fused-ring (bicyclic) bond motifs is 2. The van der Waals surface area contributed by atoms with Crippen LogP contribution in [0.4, 0.5) is 0 Å². The summed E-state index contributed by atoms with van der Waals surface area (Å²) < 4.78 is 5.08. The number of hydrogen-bond acceptors (Lipinski definition) is 4. The Bertz CT molecular complexity index is 1520. The Hall–Kier alpha value is -3.67. The predicted molar refractivity (Wildman–Crippen MR) is 147 cm³/mol. The van der Waals surface area contributed by atoms with Crippen molar-refractivity contribution in [1.29, 1.82) is 0 Å². The number of amides is 1. The van der Waals surface area contributed by atoms with E-state index in [1.54, 1.807) is 0 Å². The van der Waals surface area contributed by atoms with Gasteiger partial charge in [0.05, 0.1) is 12.6 Å². The summed E-state index contributed by atoms with van der Waals surface area (Å²) in [6, 6.07) is 17.4. The molecule has 2 aromatic carbocycles. The first-order valence-electron chi connectivity index (χ1n) is 13.9. The van der Waals surface area contributed by atoms with Crippen LogP contribution in [0.25, 0.3) is 21.8 Å². The number of benzene rings is 2. The Morgan fingerprint density at radius 1 is 1.00 bits per heavy atom. The van der Waals surface area contributed by atoms with Crippen LogP contribution in [-0.2, 0) is 21.4 Å². The van der Waals surface area contributed by atoms with Crippen molar-refractivity contribution >= 4 is 33.7 Å². The molecule has 2 aromatic heterocycles. The minimum atomic E-state index is -0.817. The largest absolute Gasteiger partial charge is 0.467 e. The van der Waals surface area contributed by atoms with Gasteiger partial charge in [0.1, 0.15) is 11.7 Å². The number of ether oxygens (including phenoxy) is 1. The molecule has 0 spiro atoms. The maximum Gasteiger partial charge on any atom is 0.328 e. The molecular weight excluding hydrogens is 474 g/mol. The van der Waals surface area contributed by atoms with Crippen LogP contribution in [0.1, 0.15) is 60.1 Å². The third kappa shape index (κ3) is 3.89. The normalized spacial score (nSPS) is 26.5. The van der Waals surface area contributed by atoms with E-state index in [-0.39, 0.29) is 11.3 Å². The molecule has 6 nitrogen and oxygen atoms in total. The van der Waals surface area contributed by atoms with Gasteiger partial charge in [-0.05, 0) is 91.0 Å². The molecule has 4 bridgehead atoms. The first kappa shape index (κ1) is 23.4. The number of methoxy groups -OCH3 is 1. The van der Waals surface area contributed by atoms with E-state index < -0.39 is 12.0 Å². The molecule has 1 amide bonds. The molecule has 6 heteroatoms. The summed E-state index contributed by atoms with van der Waals surface area (Å²) in [6.45, 7) is 0. The average molecular weight is 508 g/mol. The second-order valence-electron chi connectivity index (χ2n) is 11.9. The minimum Gasteiger partial charge on any atom is -0.467 e. The fraction of sp³-hybridized carbons (Fsp3) is 0.406. The van der Waals surface area contributed by atoms with Crippen molar-refractivity contribution in [2.75, 3.05) is 7.11 Å². The molecule has 0 radical (unpaired) electrons. The van der Waals surface area contributed by atoms with Crippen LogP contribution >= 0.6 is 0 Å².